The van der Waals surface area contributed by atoms with E-state index in [4.69, 9.17) is 5.73 Å². The number of hydrogen-bond acceptors (Lipinski definition) is 3. The monoisotopic (exact) mass is 264 g/mol. The zero-order valence-electron chi connectivity index (χ0n) is 11.5. The van der Waals surface area contributed by atoms with Crippen molar-refractivity contribution in [3.05, 3.63) is 39.9 Å². The molecule has 0 spiro atoms. The Hall–Kier alpha value is -2.11. The molecule has 0 amide bonds. The Labute approximate surface area is 112 Å². The third-order valence-corrected chi connectivity index (χ3v) is 2.33. The van der Waals surface area contributed by atoms with Crippen LogP contribution in [0, 0.1) is 10.1 Å². The summed E-state index contributed by atoms with van der Waals surface area (Å²) >= 11 is 0. The van der Waals surface area contributed by atoms with E-state index in [9.17, 15) is 10.1 Å². The van der Waals surface area contributed by atoms with E-state index >= 15 is 0 Å². The Morgan fingerprint density at radius 2 is 1.95 bits per heavy atom. The van der Waals surface area contributed by atoms with Gasteiger partial charge in [0, 0.05) is 24.2 Å². The molecular formula is C13H20N4O2. The van der Waals surface area contributed by atoms with Crippen molar-refractivity contribution in [3.63, 3.8) is 0 Å². The Morgan fingerprint density at radius 3 is 2.42 bits per heavy atom. The second-order valence-corrected chi connectivity index (χ2v) is 5.32. The molecule has 6 nitrogen and oxygen atoms in total. The minimum atomic E-state index is -0.410. The Balaban J connectivity index is 2.49. The van der Waals surface area contributed by atoms with E-state index in [0.717, 1.165) is 5.56 Å². The van der Waals surface area contributed by atoms with Gasteiger partial charge >= 0.3 is 0 Å². The van der Waals surface area contributed by atoms with Gasteiger partial charge in [-0.1, -0.05) is 12.1 Å². The van der Waals surface area contributed by atoms with E-state index in [1.165, 1.54) is 12.1 Å². The fraction of sp³-hybridized carbons (Fsp3) is 0.462. The number of nitrogens with two attached hydrogens (primary N) is 1. The molecule has 0 saturated heterocycles. The number of nitro groups is 1. The van der Waals surface area contributed by atoms with Crippen LogP contribution in [-0.2, 0) is 6.42 Å². The maximum Gasteiger partial charge on any atom is 0.269 e. The van der Waals surface area contributed by atoms with Gasteiger partial charge in [-0.25, -0.2) is 0 Å². The van der Waals surface area contributed by atoms with Crippen molar-refractivity contribution in [2.24, 2.45) is 10.7 Å². The third-order valence-electron chi connectivity index (χ3n) is 2.33. The fourth-order valence-corrected chi connectivity index (χ4v) is 1.51. The number of non-ortho nitro benzene ring substituents is 1. The summed E-state index contributed by atoms with van der Waals surface area (Å²) in [5, 5.41) is 13.6. The van der Waals surface area contributed by atoms with Crippen LogP contribution >= 0.6 is 0 Å². The molecule has 6 heteroatoms. The van der Waals surface area contributed by atoms with Gasteiger partial charge in [0.05, 0.1) is 4.92 Å². The van der Waals surface area contributed by atoms with E-state index in [1.807, 2.05) is 20.8 Å². The van der Waals surface area contributed by atoms with Gasteiger partial charge in [0.1, 0.15) is 0 Å². The number of nitrogens with one attached hydrogen (secondary N) is 1. The standard InChI is InChI=1S/C13H20N4O2/c1-13(2,3)16-12(14)15-9-8-10-4-6-11(7-5-10)17(18)19/h4-7H,8-9H2,1-3H3,(H3,14,15,16). The minimum Gasteiger partial charge on any atom is -0.370 e. The van der Waals surface area contributed by atoms with Gasteiger partial charge in [0.15, 0.2) is 5.96 Å². The summed E-state index contributed by atoms with van der Waals surface area (Å²) in [7, 11) is 0. The van der Waals surface area contributed by atoms with Crippen LogP contribution in [0.4, 0.5) is 5.69 Å². The SMILES string of the molecule is CC(C)(C)NC(N)=NCCc1ccc([N+](=O)[O-])cc1. The molecule has 0 aromatic heterocycles. The van der Waals surface area contributed by atoms with Gasteiger partial charge in [0.2, 0.25) is 0 Å². The van der Waals surface area contributed by atoms with E-state index in [-0.39, 0.29) is 11.2 Å². The fourth-order valence-electron chi connectivity index (χ4n) is 1.51. The lowest BCUT2D eigenvalue weighted by Crippen LogP contribution is -2.45. The molecule has 0 radical (unpaired) electrons. The molecule has 0 aliphatic carbocycles. The first-order chi connectivity index (χ1) is 8.78. The molecule has 0 saturated carbocycles. The van der Waals surface area contributed by atoms with Crippen molar-refractivity contribution in [1.82, 2.24) is 5.32 Å². The molecule has 0 bridgehead atoms. The molecule has 104 valence electrons. The summed E-state index contributed by atoms with van der Waals surface area (Å²) in [6.45, 7) is 6.57. The lowest BCUT2D eigenvalue weighted by molar-refractivity contribution is -0.384. The summed E-state index contributed by atoms with van der Waals surface area (Å²) in [5.74, 6) is 0.411. The highest BCUT2D eigenvalue weighted by atomic mass is 16.6. The lowest BCUT2D eigenvalue weighted by atomic mass is 10.1. The van der Waals surface area contributed by atoms with E-state index < -0.39 is 4.92 Å². The first-order valence-corrected chi connectivity index (χ1v) is 6.09. The molecule has 1 aromatic carbocycles. The van der Waals surface area contributed by atoms with Gasteiger partial charge in [-0.15, -0.1) is 0 Å². The summed E-state index contributed by atoms with van der Waals surface area (Å²) < 4.78 is 0. The zero-order valence-corrected chi connectivity index (χ0v) is 11.5. The van der Waals surface area contributed by atoms with E-state index in [0.29, 0.717) is 18.9 Å². The van der Waals surface area contributed by atoms with Crippen LogP contribution in [0.2, 0.25) is 0 Å². The first-order valence-electron chi connectivity index (χ1n) is 6.09. The molecule has 0 unspecified atom stereocenters. The van der Waals surface area contributed by atoms with Crippen LogP contribution in [-0.4, -0.2) is 23.0 Å². The van der Waals surface area contributed by atoms with Crippen LogP contribution in [0.25, 0.3) is 0 Å². The minimum absolute atomic E-state index is 0.0983. The molecular weight excluding hydrogens is 244 g/mol. The first kappa shape index (κ1) is 14.9. The number of rotatable bonds is 4. The number of nitro benzene ring substituents is 1. The highest BCUT2D eigenvalue weighted by Crippen LogP contribution is 2.12. The smallest absolute Gasteiger partial charge is 0.269 e. The number of aliphatic imine (C=N–C) groups is 1. The second kappa shape index (κ2) is 6.17. The third kappa shape index (κ3) is 5.85. The molecule has 0 aliphatic heterocycles. The average molecular weight is 264 g/mol. The maximum atomic E-state index is 10.5. The predicted octanol–water partition coefficient (Wildman–Crippen LogP) is 1.84. The summed E-state index contributed by atoms with van der Waals surface area (Å²) in [5.41, 5.74) is 6.72. The van der Waals surface area contributed by atoms with Gasteiger partial charge < -0.3 is 11.1 Å². The lowest BCUT2D eigenvalue weighted by Gasteiger charge is -2.20. The number of hydrogen-bond donors (Lipinski definition) is 2. The van der Waals surface area contributed by atoms with Crippen LogP contribution in [0.1, 0.15) is 26.3 Å². The highest BCUT2D eigenvalue weighted by Gasteiger charge is 2.09. The van der Waals surface area contributed by atoms with E-state index in [1.54, 1.807) is 12.1 Å². The Kier molecular flexibility index (Phi) is 4.86. The molecule has 1 aromatic rings. The zero-order chi connectivity index (χ0) is 14.5. The summed E-state index contributed by atoms with van der Waals surface area (Å²) in [6.07, 6.45) is 0.699. The van der Waals surface area contributed by atoms with Crippen LogP contribution in [0.15, 0.2) is 29.3 Å². The van der Waals surface area contributed by atoms with Crippen molar-refractivity contribution < 1.29 is 4.92 Å². The second-order valence-electron chi connectivity index (χ2n) is 5.32. The van der Waals surface area contributed by atoms with Gasteiger partial charge in [-0.3, -0.25) is 15.1 Å². The van der Waals surface area contributed by atoms with Crippen molar-refractivity contribution in [2.75, 3.05) is 6.54 Å². The van der Waals surface area contributed by atoms with E-state index in [2.05, 4.69) is 10.3 Å². The molecule has 0 fully saturated rings. The maximum absolute atomic E-state index is 10.5. The van der Waals surface area contributed by atoms with Gasteiger partial charge in [-0.05, 0) is 32.8 Å². The molecule has 3 N–H and O–H groups in total. The molecule has 0 aliphatic rings. The van der Waals surface area contributed by atoms with Gasteiger partial charge in [0.25, 0.3) is 5.69 Å². The number of benzene rings is 1. The molecule has 1 rings (SSSR count). The van der Waals surface area contributed by atoms with Crippen molar-refractivity contribution in [1.29, 1.82) is 0 Å². The summed E-state index contributed by atoms with van der Waals surface area (Å²) in [4.78, 5) is 14.3. The van der Waals surface area contributed by atoms with Crippen LogP contribution in [0.3, 0.4) is 0 Å². The Bertz CT molecular complexity index is 461. The molecule has 0 heterocycles. The van der Waals surface area contributed by atoms with Gasteiger partial charge in [-0.2, -0.15) is 0 Å². The van der Waals surface area contributed by atoms with Crippen LogP contribution < -0.4 is 11.1 Å². The highest BCUT2D eigenvalue weighted by molar-refractivity contribution is 5.78. The number of guanidine groups is 1. The molecule has 19 heavy (non-hydrogen) atoms. The average Bonchev–Trinajstić information content (AvgIpc) is 2.27. The number of nitrogens with zero attached hydrogens (tertiary/aromatic N) is 2. The predicted molar refractivity (Wildman–Crippen MR) is 76.2 cm³/mol. The quantitative estimate of drug-likeness (QED) is 0.375. The van der Waals surface area contributed by atoms with Crippen molar-refractivity contribution >= 4 is 11.6 Å². The van der Waals surface area contributed by atoms with Crippen molar-refractivity contribution in [3.8, 4) is 0 Å². The van der Waals surface area contributed by atoms with Crippen LogP contribution in [0.5, 0.6) is 0 Å². The van der Waals surface area contributed by atoms with Crippen molar-refractivity contribution in [2.45, 2.75) is 32.7 Å². The topological polar surface area (TPSA) is 93.5 Å². The normalized spacial score (nSPS) is 12.3. The Morgan fingerprint density at radius 1 is 1.37 bits per heavy atom. The summed E-state index contributed by atoms with van der Waals surface area (Å²) in [6, 6.07) is 6.47. The molecule has 0 atom stereocenters. The largest absolute Gasteiger partial charge is 0.370 e.